The summed E-state index contributed by atoms with van der Waals surface area (Å²) in [6, 6.07) is 18.3. The van der Waals surface area contributed by atoms with Crippen LogP contribution < -0.4 is 25.4 Å². The Bertz CT molecular complexity index is 1570. The lowest BCUT2D eigenvalue weighted by atomic mass is 9.96. The lowest BCUT2D eigenvalue weighted by molar-refractivity contribution is 0.122. The standard InChI is InChI=1S/C31H31N5O3/c37-30-17-25(36-9-11-38-12-10-36)16-28(34-30)27-4-1-3-22-14-23-15-24(5-6-29(23)39-31(22)27)33-19-21-13-26(20-32-18-21)35-7-2-8-35/h1,3-6,13,15-18,20,33H,2,7-12,14,19H2,(H,34,37). The molecule has 0 saturated carbocycles. The minimum absolute atomic E-state index is 0.121. The maximum Gasteiger partial charge on any atom is 0.250 e. The fourth-order valence-electron chi connectivity index (χ4n) is 5.50. The first-order chi connectivity index (χ1) is 19.2. The summed E-state index contributed by atoms with van der Waals surface area (Å²) < 4.78 is 12.0. The maximum absolute atomic E-state index is 12.6. The van der Waals surface area contributed by atoms with Crippen LogP contribution in [0.5, 0.6) is 11.5 Å². The Morgan fingerprint density at radius 3 is 2.62 bits per heavy atom. The normalized spacial score (nSPS) is 16.1. The van der Waals surface area contributed by atoms with Crippen LogP contribution in [-0.4, -0.2) is 49.4 Å². The molecule has 198 valence electrons. The number of anilines is 3. The van der Waals surface area contributed by atoms with Gasteiger partial charge < -0.3 is 29.6 Å². The molecule has 7 rings (SSSR count). The van der Waals surface area contributed by atoms with Gasteiger partial charge in [-0.1, -0.05) is 12.1 Å². The number of H-pyrrole nitrogens is 1. The molecule has 0 radical (unpaired) electrons. The van der Waals surface area contributed by atoms with Gasteiger partial charge in [0.1, 0.15) is 11.5 Å². The van der Waals surface area contributed by atoms with Gasteiger partial charge in [-0.3, -0.25) is 9.78 Å². The van der Waals surface area contributed by atoms with Crippen LogP contribution in [-0.2, 0) is 17.7 Å². The fourth-order valence-corrected chi connectivity index (χ4v) is 5.50. The van der Waals surface area contributed by atoms with E-state index in [-0.39, 0.29) is 5.56 Å². The van der Waals surface area contributed by atoms with Crippen molar-refractivity contribution in [1.29, 1.82) is 0 Å². The van der Waals surface area contributed by atoms with Crippen LogP contribution in [0.1, 0.15) is 23.1 Å². The highest BCUT2D eigenvalue weighted by atomic mass is 16.5. The number of nitrogens with one attached hydrogen (secondary N) is 2. The number of hydrogen-bond acceptors (Lipinski definition) is 7. The number of hydrogen-bond donors (Lipinski definition) is 2. The number of benzene rings is 2. The Kier molecular flexibility index (Phi) is 6.17. The van der Waals surface area contributed by atoms with Gasteiger partial charge in [0.25, 0.3) is 0 Å². The van der Waals surface area contributed by atoms with E-state index in [2.05, 4.69) is 49.4 Å². The molecule has 8 nitrogen and oxygen atoms in total. The molecular formula is C31H31N5O3. The smallest absolute Gasteiger partial charge is 0.250 e. The number of fused-ring (bicyclic) bond motifs is 2. The van der Waals surface area contributed by atoms with Crippen LogP contribution in [0.3, 0.4) is 0 Å². The lowest BCUT2D eigenvalue weighted by Crippen LogP contribution is -2.37. The molecule has 0 bridgehead atoms. The molecule has 39 heavy (non-hydrogen) atoms. The SMILES string of the molecule is O=c1cc(N2CCOCC2)cc(-c2cccc3c2Oc2ccc(NCc4cncc(N5CCC5)c4)cc2C3)[nH]1. The molecule has 0 atom stereocenters. The Balaban J connectivity index is 1.11. The van der Waals surface area contributed by atoms with Crippen LogP contribution in [0.4, 0.5) is 17.1 Å². The number of pyridine rings is 2. The zero-order chi connectivity index (χ0) is 26.2. The molecule has 2 aromatic carbocycles. The molecule has 0 amide bonds. The van der Waals surface area contributed by atoms with Crippen molar-refractivity contribution in [3.63, 3.8) is 0 Å². The van der Waals surface area contributed by atoms with Gasteiger partial charge in [-0.25, -0.2) is 0 Å². The Labute approximate surface area is 227 Å². The van der Waals surface area contributed by atoms with Crippen LogP contribution in [0.15, 0.2) is 71.8 Å². The number of rotatable bonds is 6. The van der Waals surface area contributed by atoms with Crippen molar-refractivity contribution in [3.8, 4) is 22.8 Å². The first-order valence-corrected chi connectivity index (χ1v) is 13.6. The topological polar surface area (TPSA) is 82.7 Å². The van der Waals surface area contributed by atoms with Crippen LogP contribution >= 0.6 is 0 Å². The van der Waals surface area contributed by atoms with Crippen molar-refractivity contribution >= 4 is 17.1 Å². The van der Waals surface area contributed by atoms with Gasteiger partial charge in [0, 0.05) is 73.9 Å². The van der Waals surface area contributed by atoms with E-state index in [1.807, 2.05) is 36.7 Å². The summed E-state index contributed by atoms with van der Waals surface area (Å²) in [6.07, 6.45) is 5.88. The monoisotopic (exact) mass is 521 g/mol. The summed E-state index contributed by atoms with van der Waals surface area (Å²) >= 11 is 0. The quantitative estimate of drug-likeness (QED) is 0.332. The average Bonchev–Trinajstić information content (AvgIpc) is 2.94. The van der Waals surface area contributed by atoms with Crippen molar-refractivity contribution in [2.45, 2.75) is 19.4 Å². The molecule has 0 unspecified atom stereocenters. The number of aromatic amines is 1. The Morgan fingerprint density at radius 1 is 0.897 bits per heavy atom. The number of aromatic nitrogens is 2. The van der Waals surface area contributed by atoms with Crippen molar-refractivity contribution in [1.82, 2.24) is 9.97 Å². The fraction of sp³-hybridized carbons (Fsp3) is 0.290. The van der Waals surface area contributed by atoms with Crippen molar-refractivity contribution in [2.75, 3.05) is 54.5 Å². The van der Waals surface area contributed by atoms with E-state index in [1.54, 1.807) is 6.07 Å². The molecule has 2 saturated heterocycles. The molecule has 0 aliphatic carbocycles. The second-order valence-corrected chi connectivity index (χ2v) is 10.4. The highest BCUT2D eigenvalue weighted by molar-refractivity contribution is 5.74. The number of ether oxygens (including phenoxy) is 2. The maximum atomic E-state index is 12.6. The second kappa shape index (κ2) is 10.1. The van der Waals surface area contributed by atoms with Gasteiger partial charge in [-0.05, 0) is 53.9 Å². The van der Waals surface area contributed by atoms with Crippen molar-refractivity contribution in [3.05, 3.63) is 94.0 Å². The third-order valence-electron chi connectivity index (χ3n) is 7.74. The molecule has 3 aliphatic heterocycles. The zero-order valence-electron chi connectivity index (χ0n) is 21.8. The Hall–Kier alpha value is -4.30. The highest BCUT2D eigenvalue weighted by Gasteiger charge is 2.22. The van der Waals surface area contributed by atoms with E-state index in [1.165, 1.54) is 12.1 Å². The second-order valence-electron chi connectivity index (χ2n) is 10.4. The number of morpholine rings is 1. The van der Waals surface area contributed by atoms with E-state index in [9.17, 15) is 4.79 Å². The summed E-state index contributed by atoms with van der Waals surface area (Å²) in [5, 5.41) is 3.55. The molecule has 5 heterocycles. The first-order valence-electron chi connectivity index (χ1n) is 13.6. The molecule has 2 fully saturated rings. The molecule has 8 heteroatoms. The van der Waals surface area contributed by atoms with Crippen LogP contribution in [0, 0.1) is 0 Å². The molecule has 2 aromatic heterocycles. The molecule has 2 N–H and O–H groups in total. The molecular weight excluding hydrogens is 490 g/mol. The van der Waals surface area contributed by atoms with Gasteiger partial charge in [-0.15, -0.1) is 0 Å². The minimum atomic E-state index is -0.121. The lowest BCUT2D eigenvalue weighted by Gasteiger charge is -2.33. The van der Waals surface area contributed by atoms with Crippen LogP contribution in [0.2, 0.25) is 0 Å². The van der Waals surface area contributed by atoms with E-state index in [4.69, 9.17) is 9.47 Å². The zero-order valence-corrected chi connectivity index (χ0v) is 21.8. The van der Waals surface area contributed by atoms with Gasteiger partial charge in [-0.2, -0.15) is 0 Å². The largest absolute Gasteiger partial charge is 0.456 e. The minimum Gasteiger partial charge on any atom is -0.456 e. The van der Waals surface area contributed by atoms with Gasteiger partial charge >= 0.3 is 0 Å². The van der Waals surface area contributed by atoms with Gasteiger partial charge in [0.2, 0.25) is 5.56 Å². The number of para-hydroxylation sites is 1. The average molecular weight is 522 g/mol. The van der Waals surface area contributed by atoms with E-state index in [0.717, 1.165) is 83.4 Å². The summed E-state index contributed by atoms with van der Waals surface area (Å²) in [7, 11) is 0. The third kappa shape index (κ3) is 4.83. The van der Waals surface area contributed by atoms with E-state index in [0.29, 0.717) is 19.8 Å². The van der Waals surface area contributed by atoms with Gasteiger partial charge in [0.05, 0.1) is 30.8 Å². The number of nitrogens with zero attached hydrogens (tertiary/aromatic N) is 3. The predicted octanol–water partition coefficient (Wildman–Crippen LogP) is 4.79. The third-order valence-corrected chi connectivity index (χ3v) is 7.74. The van der Waals surface area contributed by atoms with Crippen LogP contribution in [0.25, 0.3) is 11.3 Å². The summed E-state index contributed by atoms with van der Waals surface area (Å²) in [5.74, 6) is 1.64. The van der Waals surface area contributed by atoms with E-state index < -0.39 is 0 Å². The Morgan fingerprint density at radius 2 is 1.77 bits per heavy atom. The van der Waals surface area contributed by atoms with Crippen molar-refractivity contribution < 1.29 is 9.47 Å². The predicted molar refractivity (Wildman–Crippen MR) is 153 cm³/mol. The van der Waals surface area contributed by atoms with Crippen molar-refractivity contribution in [2.24, 2.45) is 0 Å². The molecule has 3 aliphatic rings. The highest BCUT2D eigenvalue weighted by Crippen LogP contribution is 2.43. The molecule has 4 aromatic rings. The van der Waals surface area contributed by atoms with Gasteiger partial charge in [0.15, 0.2) is 0 Å². The summed E-state index contributed by atoms with van der Waals surface area (Å²) in [5.41, 5.74) is 8.08. The summed E-state index contributed by atoms with van der Waals surface area (Å²) in [4.78, 5) is 24.6. The van der Waals surface area contributed by atoms with E-state index >= 15 is 0 Å². The summed E-state index contributed by atoms with van der Waals surface area (Å²) in [6.45, 7) is 5.82. The molecule has 0 spiro atoms. The first kappa shape index (κ1) is 23.8.